The standard InChI is InChI=1S/C10H7ClFNO4/c1-17-10(14)3-2-6-4-8(12)9(13(15)16)5-7(6)11/h2-5H,1H3. The van der Waals surface area contributed by atoms with Gasteiger partial charge in [0.05, 0.1) is 17.1 Å². The second-order valence-electron chi connectivity index (χ2n) is 2.94. The smallest absolute Gasteiger partial charge is 0.330 e. The Balaban J connectivity index is 3.12. The van der Waals surface area contributed by atoms with E-state index in [1.807, 2.05) is 0 Å². The summed E-state index contributed by atoms with van der Waals surface area (Å²) >= 11 is 5.70. The van der Waals surface area contributed by atoms with Crippen LogP contribution in [-0.2, 0) is 9.53 Å². The number of nitro benzene ring substituents is 1. The second kappa shape index (κ2) is 5.40. The number of hydrogen-bond acceptors (Lipinski definition) is 4. The van der Waals surface area contributed by atoms with E-state index in [0.29, 0.717) is 0 Å². The Labute approximate surface area is 101 Å². The van der Waals surface area contributed by atoms with E-state index in [2.05, 4.69) is 4.74 Å². The first-order valence-corrected chi connectivity index (χ1v) is 4.73. The molecule has 0 aliphatic heterocycles. The normalized spacial score (nSPS) is 10.5. The molecule has 1 rings (SSSR count). The lowest BCUT2D eigenvalue weighted by Gasteiger charge is -1.99. The molecular weight excluding hydrogens is 253 g/mol. The summed E-state index contributed by atoms with van der Waals surface area (Å²) in [6.07, 6.45) is 2.24. The molecule has 7 heteroatoms. The van der Waals surface area contributed by atoms with Crippen molar-refractivity contribution in [2.75, 3.05) is 7.11 Å². The number of rotatable bonds is 3. The number of esters is 1. The molecule has 0 aliphatic rings. The zero-order valence-electron chi connectivity index (χ0n) is 8.65. The summed E-state index contributed by atoms with van der Waals surface area (Å²) in [4.78, 5) is 20.3. The second-order valence-corrected chi connectivity index (χ2v) is 3.35. The SMILES string of the molecule is COC(=O)C=Cc1cc(F)c([N+](=O)[O-])cc1Cl. The predicted molar refractivity (Wildman–Crippen MR) is 59.1 cm³/mol. The van der Waals surface area contributed by atoms with Gasteiger partial charge in [0.25, 0.3) is 0 Å². The summed E-state index contributed by atoms with van der Waals surface area (Å²) < 4.78 is 17.6. The highest BCUT2D eigenvalue weighted by molar-refractivity contribution is 6.32. The zero-order chi connectivity index (χ0) is 13.0. The average molecular weight is 260 g/mol. The maximum Gasteiger partial charge on any atom is 0.330 e. The van der Waals surface area contributed by atoms with Gasteiger partial charge in [-0.2, -0.15) is 4.39 Å². The first kappa shape index (κ1) is 13.1. The number of benzene rings is 1. The van der Waals surface area contributed by atoms with Gasteiger partial charge >= 0.3 is 11.7 Å². The number of nitro groups is 1. The molecule has 0 saturated heterocycles. The molecule has 0 amide bonds. The molecule has 5 nitrogen and oxygen atoms in total. The van der Waals surface area contributed by atoms with Crippen LogP contribution >= 0.6 is 11.6 Å². The third kappa shape index (κ3) is 3.25. The van der Waals surface area contributed by atoms with Crippen molar-refractivity contribution in [3.8, 4) is 0 Å². The van der Waals surface area contributed by atoms with Crippen LogP contribution in [0.5, 0.6) is 0 Å². The molecule has 0 unspecified atom stereocenters. The third-order valence-electron chi connectivity index (χ3n) is 1.86. The molecule has 17 heavy (non-hydrogen) atoms. The largest absolute Gasteiger partial charge is 0.466 e. The summed E-state index contributed by atoms with van der Waals surface area (Å²) in [7, 11) is 1.19. The monoisotopic (exact) mass is 259 g/mol. The lowest BCUT2D eigenvalue weighted by Crippen LogP contribution is -1.95. The Morgan fingerprint density at radius 2 is 2.24 bits per heavy atom. The molecule has 90 valence electrons. The van der Waals surface area contributed by atoms with Crippen LogP contribution in [0.1, 0.15) is 5.56 Å². The predicted octanol–water partition coefficient (Wildman–Crippen LogP) is 2.57. The van der Waals surface area contributed by atoms with E-state index >= 15 is 0 Å². The average Bonchev–Trinajstić information content (AvgIpc) is 2.28. The summed E-state index contributed by atoms with van der Waals surface area (Å²) in [5.74, 6) is -1.66. The fourth-order valence-electron chi connectivity index (χ4n) is 1.05. The van der Waals surface area contributed by atoms with E-state index in [0.717, 1.165) is 18.2 Å². The van der Waals surface area contributed by atoms with Crippen LogP contribution in [0.25, 0.3) is 6.08 Å². The number of carbonyl (C=O) groups is 1. The van der Waals surface area contributed by atoms with Gasteiger partial charge in [-0.3, -0.25) is 10.1 Å². The van der Waals surface area contributed by atoms with E-state index in [4.69, 9.17) is 11.6 Å². The number of hydrogen-bond donors (Lipinski definition) is 0. The van der Waals surface area contributed by atoms with Gasteiger partial charge in [-0.05, 0) is 17.7 Å². The van der Waals surface area contributed by atoms with Crippen LogP contribution < -0.4 is 0 Å². The molecule has 1 aromatic carbocycles. The van der Waals surface area contributed by atoms with E-state index in [1.54, 1.807) is 0 Å². The minimum absolute atomic E-state index is 0.0294. The first-order chi connectivity index (χ1) is 7.95. The molecule has 0 N–H and O–H groups in total. The quantitative estimate of drug-likeness (QED) is 0.362. The molecule has 0 aromatic heterocycles. The minimum atomic E-state index is -1.02. The molecule has 0 aliphatic carbocycles. The van der Waals surface area contributed by atoms with Crippen molar-refractivity contribution in [2.24, 2.45) is 0 Å². The van der Waals surface area contributed by atoms with Gasteiger partial charge in [0.15, 0.2) is 0 Å². The Morgan fingerprint density at radius 3 is 2.76 bits per heavy atom. The van der Waals surface area contributed by atoms with Gasteiger partial charge < -0.3 is 4.74 Å². The molecule has 0 spiro atoms. The number of nitrogens with zero attached hydrogens (tertiary/aromatic N) is 1. The van der Waals surface area contributed by atoms with Crippen LogP contribution in [0.15, 0.2) is 18.2 Å². The van der Waals surface area contributed by atoms with Gasteiger partial charge in [-0.1, -0.05) is 11.6 Å². The van der Waals surface area contributed by atoms with Crippen LogP contribution in [0.4, 0.5) is 10.1 Å². The highest BCUT2D eigenvalue weighted by Crippen LogP contribution is 2.26. The molecule has 0 saturated carbocycles. The Morgan fingerprint density at radius 1 is 1.59 bits per heavy atom. The summed E-state index contributed by atoms with van der Waals surface area (Å²) in [6.45, 7) is 0. The molecule has 0 atom stereocenters. The topological polar surface area (TPSA) is 69.4 Å². The van der Waals surface area contributed by atoms with E-state index in [-0.39, 0.29) is 10.6 Å². The van der Waals surface area contributed by atoms with Gasteiger partial charge in [0, 0.05) is 12.1 Å². The van der Waals surface area contributed by atoms with Crippen molar-refractivity contribution < 1.29 is 18.8 Å². The molecule has 1 aromatic rings. The van der Waals surface area contributed by atoms with Crippen molar-refractivity contribution in [1.29, 1.82) is 0 Å². The lowest BCUT2D eigenvalue weighted by atomic mass is 10.2. The van der Waals surface area contributed by atoms with Crippen molar-refractivity contribution in [3.05, 3.63) is 44.7 Å². The Hall–Kier alpha value is -1.95. The number of ether oxygens (including phenoxy) is 1. The highest BCUT2D eigenvalue weighted by Gasteiger charge is 2.16. The minimum Gasteiger partial charge on any atom is -0.466 e. The maximum absolute atomic E-state index is 13.2. The third-order valence-corrected chi connectivity index (χ3v) is 2.19. The Bertz CT molecular complexity index is 501. The van der Waals surface area contributed by atoms with Crippen LogP contribution in [-0.4, -0.2) is 18.0 Å². The van der Waals surface area contributed by atoms with E-state index in [9.17, 15) is 19.3 Å². The molecule has 0 fully saturated rings. The van der Waals surface area contributed by atoms with Crippen LogP contribution in [0.2, 0.25) is 5.02 Å². The van der Waals surface area contributed by atoms with Crippen molar-refractivity contribution >= 4 is 29.3 Å². The lowest BCUT2D eigenvalue weighted by molar-refractivity contribution is -0.387. The van der Waals surface area contributed by atoms with E-state index in [1.165, 1.54) is 13.2 Å². The summed E-state index contributed by atoms with van der Waals surface area (Å²) in [5, 5.41) is 10.4. The molecule has 0 bridgehead atoms. The van der Waals surface area contributed by atoms with Crippen molar-refractivity contribution in [2.45, 2.75) is 0 Å². The Kier molecular flexibility index (Phi) is 4.17. The van der Waals surface area contributed by atoms with Crippen molar-refractivity contribution in [1.82, 2.24) is 0 Å². The van der Waals surface area contributed by atoms with Gasteiger partial charge in [0.2, 0.25) is 5.82 Å². The highest BCUT2D eigenvalue weighted by atomic mass is 35.5. The van der Waals surface area contributed by atoms with Crippen molar-refractivity contribution in [3.63, 3.8) is 0 Å². The first-order valence-electron chi connectivity index (χ1n) is 4.35. The fraction of sp³-hybridized carbons (Fsp3) is 0.100. The fourth-order valence-corrected chi connectivity index (χ4v) is 1.27. The van der Waals surface area contributed by atoms with E-state index < -0.39 is 22.4 Å². The molecule has 0 heterocycles. The summed E-state index contributed by atoms with van der Waals surface area (Å²) in [5.41, 5.74) is -0.564. The van der Waals surface area contributed by atoms with Crippen LogP contribution in [0, 0.1) is 15.9 Å². The molecule has 0 radical (unpaired) electrons. The van der Waals surface area contributed by atoms with Gasteiger partial charge in [-0.15, -0.1) is 0 Å². The van der Waals surface area contributed by atoms with Gasteiger partial charge in [0.1, 0.15) is 0 Å². The zero-order valence-corrected chi connectivity index (χ0v) is 9.40. The number of carbonyl (C=O) groups excluding carboxylic acids is 1. The maximum atomic E-state index is 13.2. The van der Waals surface area contributed by atoms with Crippen LogP contribution in [0.3, 0.4) is 0 Å². The number of methoxy groups -OCH3 is 1. The summed E-state index contributed by atoms with van der Waals surface area (Å²) in [6, 6.07) is 1.76. The number of halogens is 2. The molecular formula is C10H7ClFNO4. The van der Waals surface area contributed by atoms with Gasteiger partial charge in [-0.25, -0.2) is 4.79 Å².